The van der Waals surface area contributed by atoms with Crippen LogP contribution in [0.5, 0.6) is 0 Å². The number of halogens is 1. The number of rotatable bonds is 7. The molecule has 0 aliphatic heterocycles. The molecular formula is C20H20ClN5O2. The second kappa shape index (κ2) is 8.22. The van der Waals surface area contributed by atoms with Crippen molar-refractivity contribution in [1.82, 2.24) is 24.9 Å². The number of carbonyl (C=O) groups excluding carboxylic acids is 1. The zero-order valence-electron chi connectivity index (χ0n) is 15.7. The van der Waals surface area contributed by atoms with Gasteiger partial charge in [-0.1, -0.05) is 23.8 Å². The second-order valence-electron chi connectivity index (χ2n) is 6.12. The highest BCUT2D eigenvalue weighted by atomic mass is 35.5. The fraction of sp³-hybridized carbons (Fsp3) is 0.200. The molecule has 0 saturated carbocycles. The number of aromatic nitrogens is 4. The summed E-state index contributed by atoms with van der Waals surface area (Å²) in [6.45, 7) is 11.8. The molecule has 28 heavy (non-hydrogen) atoms. The van der Waals surface area contributed by atoms with Crippen LogP contribution in [-0.4, -0.2) is 43.9 Å². The highest BCUT2D eigenvalue weighted by molar-refractivity contribution is 6.33. The van der Waals surface area contributed by atoms with Gasteiger partial charge < -0.3 is 9.32 Å². The number of hydrogen-bond donors (Lipinski definition) is 0. The highest BCUT2D eigenvalue weighted by Crippen LogP contribution is 2.30. The molecule has 3 aromatic rings. The quantitative estimate of drug-likeness (QED) is 0.563. The van der Waals surface area contributed by atoms with Crippen molar-refractivity contribution in [1.29, 1.82) is 0 Å². The molecule has 1 aromatic carbocycles. The van der Waals surface area contributed by atoms with Gasteiger partial charge in [-0.15, -0.1) is 23.4 Å². The Labute approximate surface area is 167 Å². The molecule has 0 bridgehead atoms. The van der Waals surface area contributed by atoms with E-state index in [-0.39, 0.29) is 11.8 Å². The van der Waals surface area contributed by atoms with Crippen LogP contribution >= 0.6 is 11.6 Å². The average Bonchev–Trinajstić information content (AvgIpc) is 3.25. The molecule has 144 valence electrons. The Morgan fingerprint density at radius 3 is 2.36 bits per heavy atom. The molecule has 0 radical (unpaired) electrons. The van der Waals surface area contributed by atoms with E-state index in [9.17, 15) is 4.79 Å². The lowest BCUT2D eigenvalue weighted by Gasteiger charge is -2.19. The smallest absolute Gasteiger partial charge is 0.269 e. The van der Waals surface area contributed by atoms with E-state index in [1.165, 1.54) is 0 Å². The summed E-state index contributed by atoms with van der Waals surface area (Å²) >= 11 is 6.41. The van der Waals surface area contributed by atoms with Crippen LogP contribution in [0.1, 0.15) is 21.9 Å². The molecule has 7 nitrogen and oxygen atoms in total. The number of nitrogens with zero attached hydrogens (tertiary/aromatic N) is 5. The van der Waals surface area contributed by atoms with Gasteiger partial charge in [-0.2, -0.15) is 5.10 Å². The maximum Gasteiger partial charge on any atom is 0.269 e. The Balaban J connectivity index is 1.90. The highest BCUT2D eigenvalue weighted by Gasteiger charge is 2.20. The number of amides is 1. The van der Waals surface area contributed by atoms with E-state index in [4.69, 9.17) is 16.0 Å². The lowest BCUT2D eigenvalue weighted by molar-refractivity contribution is 0.0791. The number of carbonyl (C=O) groups is 1. The van der Waals surface area contributed by atoms with Crippen molar-refractivity contribution < 1.29 is 9.21 Å². The first-order valence-electron chi connectivity index (χ1n) is 8.63. The summed E-state index contributed by atoms with van der Waals surface area (Å²) in [5.41, 5.74) is 2.48. The first-order valence-corrected chi connectivity index (χ1v) is 9.01. The summed E-state index contributed by atoms with van der Waals surface area (Å²) in [6, 6.07) is 7.13. The lowest BCUT2D eigenvalue weighted by Crippen LogP contribution is -2.31. The van der Waals surface area contributed by atoms with E-state index < -0.39 is 0 Å². The van der Waals surface area contributed by atoms with Crippen LogP contribution < -0.4 is 0 Å². The fourth-order valence-corrected chi connectivity index (χ4v) is 2.94. The summed E-state index contributed by atoms with van der Waals surface area (Å²) in [5.74, 6) is 0.606. The maximum atomic E-state index is 12.6. The minimum absolute atomic E-state index is 0.0939. The van der Waals surface area contributed by atoms with Crippen LogP contribution in [0.2, 0.25) is 5.02 Å². The van der Waals surface area contributed by atoms with E-state index in [2.05, 4.69) is 28.5 Å². The Bertz CT molecular complexity index is 1010. The topological polar surface area (TPSA) is 77.1 Å². The van der Waals surface area contributed by atoms with E-state index >= 15 is 0 Å². The van der Waals surface area contributed by atoms with Gasteiger partial charge in [-0.3, -0.25) is 4.79 Å². The van der Waals surface area contributed by atoms with Crippen molar-refractivity contribution >= 4 is 17.5 Å². The van der Waals surface area contributed by atoms with Gasteiger partial charge in [0.25, 0.3) is 11.8 Å². The van der Waals surface area contributed by atoms with E-state index in [1.54, 1.807) is 40.8 Å². The molecule has 0 unspecified atom stereocenters. The monoisotopic (exact) mass is 397 g/mol. The zero-order chi connectivity index (χ0) is 20.3. The molecule has 0 aliphatic rings. The molecule has 0 atom stereocenters. The lowest BCUT2D eigenvalue weighted by atomic mass is 10.1. The summed E-state index contributed by atoms with van der Waals surface area (Å²) in [6.07, 6.45) is 3.37. The van der Waals surface area contributed by atoms with Gasteiger partial charge in [0.1, 0.15) is 0 Å². The van der Waals surface area contributed by atoms with Crippen molar-refractivity contribution in [2.24, 2.45) is 0 Å². The Kier molecular flexibility index (Phi) is 5.75. The van der Waals surface area contributed by atoms with Gasteiger partial charge in [0, 0.05) is 25.6 Å². The van der Waals surface area contributed by atoms with Crippen molar-refractivity contribution in [2.45, 2.75) is 13.8 Å². The number of benzene rings is 1. The normalized spacial score (nSPS) is 10.7. The summed E-state index contributed by atoms with van der Waals surface area (Å²) < 4.78 is 7.11. The SMILES string of the molecule is C=CCN(CC=C)C(=O)c1ccc(-n2nc(-c3nnc(C)o3)c(Cl)c2C)cc1. The average molecular weight is 398 g/mol. The van der Waals surface area contributed by atoms with Crippen molar-refractivity contribution in [3.05, 3.63) is 71.7 Å². The predicted molar refractivity (Wildman–Crippen MR) is 108 cm³/mol. The molecule has 0 aliphatic carbocycles. The molecule has 3 rings (SSSR count). The fourth-order valence-electron chi connectivity index (χ4n) is 2.74. The summed E-state index contributed by atoms with van der Waals surface area (Å²) in [7, 11) is 0. The van der Waals surface area contributed by atoms with Gasteiger partial charge in [-0.05, 0) is 31.2 Å². The Morgan fingerprint density at radius 1 is 1.18 bits per heavy atom. The summed E-state index contributed by atoms with van der Waals surface area (Å²) in [5, 5.41) is 12.7. The Hall–Kier alpha value is -3.19. The summed E-state index contributed by atoms with van der Waals surface area (Å²) in [4.78, 5) is 14.3. The predicted octanol–water partition coefficient (Wildman–Crippen LogP) is 4.01. The van der Waals surface area contributed by atoms with Crippen LogP contribution in [0.4, 0.5) is 0 Å². The number of aryl methyl sites for hydroxylation is 1. The second-order valence-corrected chi connectivity index (χ2v) is 6.50. The van der Waals surface area contributed by atoms with Gasteiger partial charge in [0.15, 0.2) is 5.69 Å². The largest absolute Gasteiger partial charge is 0.420 e. The minimum atomic E-state index is -0.0939. The third-order valence-electron chi connectivity index (χ3n) is 4.12. The van der Waals surface area contributed by atoms with Crippen LogP contribution in [0.15, 0.2) is 54.0 Å². The third kappa shape index (κ3) is 3.75. The minimum Gasteiger partial charge on any atom is -0.420 e. The van der Waals surface area contributed by atoms with Gasteiger partial charge in [0.2, 0.25) is 5.89 Å². The molecule has 8 heteroatoms. The molecule has 0 saturated heterocycles. The zero-order valence-corrected chi connectivity index (χ0v) is 16.5. The van der Waals surface area contributed by atoms with Crippen molar-refractivity contribution in [3.63, 3.8) is 0 Å². The standard InChI is InChI=1S/C20H20ClN5O2/c1-5-11-25(12-6-2)20(27)15-7-9-16(10-8-15)26-13(3)17(21)18(24-26)19-23-22-14(4)28-19/h5-10H,1-2,11-12H2,3-4H3. The molecule has 2 aromatic heterocycles. The van der Waals surface area contributed by atoms with Crippen molar-refractivity contribution in [3.8, 4) is 17.3 Å². The Morgan fingerprint density at radius 2 is 1.82 bits per heavy atom. The molecule has 0 fully saturated rings. The van der Waals surface area contributed by atoms with E-state index in [1.807, 2.05) is 19.1 Å². The van der Waals surface area contributed by atoms with Crippen LogP contribution in [0.25, 0.3) is 17.3 Å². The third-order valence-corrected chi connectivity index (χ3v) is 4.57. The maximum absolute atomic E-state index is 12.6. The van der Waals surface area contributed by atoms with Gasteiger partial charge >= 0.3 is 0 Å². The molecule has 1 amide bonds. The van der Waals surface area contributed by atoms with Gasteiger partial charge in [-0.25, -0.2) is 4.68 Å². The van der Waals surface area contributed by atoms with Crippen LogP contribution in [0.3, 0.4) is 0 Å². The van der Waals surface area contributed by atoms with Crippen LogP contribution in [-0.2, 0) is 0 Å². The molecular weight excluding hydrogens is 378 g/mol. The number of hydrogen-bond acceptors (Lipinski definition) is 5. The van der Waals surface area contributed by atoms with E-state index in [0.29, 0.717) is 35.3 Å². The van der Waals surface area contributed by atoms with Crippen molar-refractivity contribution in [2.75, 3.05) is 13.1 Å². The molecule has 0 N–H and O–H groups in total. The van der Waals surface area contributed by atoms with Gasteiger partial charge in [0.05, 0.1) is 16.4 Å². The molecule has 2 heterocycles. The van der Waals surface area contributed by atoms with Crippen LogP contribution in [0, 0.1) is 13.8 Å². The molecule has 0 spiro atoms. The first kappa shape index (κ1) is 19.6. The first-order chi connectivity index (χ1) is 13.5. The van der Waals surface area contributed by atoms with E-state index in [0.717, 1.165) is 11.4 Å².